The Labute approximate surface area is 123 Å². The summed E-state index contributed by atoms with van der Waals surface area (Å²) in [4.78, 5) is 4.18. The van der Waals surface area contributed by atoms with Crippen molar-refractivity contribution in [2.45, 2.75) is 33.4 Å². The van der Waals surface area contributed by atoms with Crippen LogP contribution in [-0.4, -0.2) is 21.3 Å². The Morgan fingerprint density at radius 1 is 1.35 bits per heavy atom. The van der Waals surface area contributed by atoms with Crippen molar-refractivity contribution >= 4 is 11.6 Å². The smallest absolute Gasteiger partial charge is 0.219 e. The van der Waals surface area contributed by atoms with Gasteiger partial charge in [-0.25, -0.2) is 4.98 Å². The van der Waals surface area contributed by atoms with Crippen molar-refractivity contribution in [2.75, 3.05) is 6.54 Å². The van der Waals surface area contributed by atoms with E-state index in [4.69, 9.17) is 16.3 Å². The third-order valence-electron chi connectivity index (χ3n) is 2.81. The summed E-state index contributed by atoms with van der Waals surface area (Å²) in [6.07, 6.45) is 6.21. The molecule has 2 aromatic heterocycles. The van der Waals surface area contributed by atoms with Gasteiger partial charge in [-0.15, -0.1) is 0 Å². The largest absolute Gasteiger partial charge is 0.436 e. The van der Waals surface area contributed by atoms with Gasteiger partial charge in [0, 0.05) is 25.4 Å². The van der Waals surface area contributed by atoms with Crippen LogP contribution in [-0.2, 0) is 13.1 Å². The summed E-state index contributed by atoms with van der Waals surface area (Å²) in [6, 6.07) is 1.86. The molecule has 2 heterocycles. The highest BCUT2D eigenvalue weighted by molar-refractivity contribution is 6.31. The third-order valence-corrected chi connectivity index (χ3v) is 3.15. The lowest BCUT2D eigenvalue weighted by molar-refractivity contribution is 0.460. The highest BCUT2D eigenvalue weighted by Crippen LogP contribution is 2.23. The molecule has 20 heavy (non-hydrogen) atoms. The molecule has 2 rings (SSSR count). The van der Waals surface area contributed by atoms with E-state index in [1.54, 1.807) is 17.1 Å². The van der Waals surface area contributed by atoms with Crippen molar-refractivity contribution < 1.29 is 4.74 Å². The molecule has 0 atom stereocenters. The zero-order valence-electron chi connectivity index (χ0n) is 11.8. The molecule has 0 radical (unpaired) electrons. The molecule has 0 aliphatic rings. The number of aromatic nitrogens is 3. The Morgan fingerprint density at radius 2 is 2.20 bits per heavy atom. The van der Waals surface area contributed by atoms with Crippen LogP contribution in [0.25, 0.3) is 0 Å². The van der Waals surface area contributed by atoms with Crippen LogP contribution in [0.1, 0.15) is 25.8 Å². The van der Waals surface area contributed by atoms with E-state index in [0.29, 0.717) is 23.2 Å². The Kier molecular flexibility index (Phi) is 5.38. The molecule has 2 aromatic rings. The molecule has 0 unspecified atom stereocenters. The molecule has 0 amide bonds. The molecule has 0 aliphatic carbocycles. The van der Waals surface area contributed by atoms with Crippen molar-refractivity contribution in [3.63, 3.8) is 0 Å². The van der Waals surface area contributed by atoms with Gasteiger partial charge in [-0.2, -0.15) is 5.10 Å². The SMILES string of the molecule is CCCNCc1cc(Oc2cnn(CC)c2)ncc1Cl. The molecule has 0 saturated carbocycles. The summed E-state index contributed by atoms with van der Waals surface area (Å²) < 4.78 is 7.48. The minimum atomic E-state index is 0.526. The van der Waals surface area contributed by atoms with Gasteiger partial charge in [0.2, 0.25) is 5.88 Å². The molecule has 0 aliphatic heterocycles. The average Bonchev–Trinajstić information content (AvgIpc) is 2.90. The van der Waals surface area contributed by atoms with Crippen LogP contribution < -0.4 is 10.1 Å². The molecule has 1 N–H and O–H groups in total. The van der Waals surface area contributed by atoms with Crippen LogP contribution in [0.2, 0.25) is 5.02 Å². The summed E-state index contributed by atoms with van der Waals surface area (Å²) in [6.45, 7) is 6.62. The fourth-order valence-corrected chi connectivity index (χ4v) is 1.91. The fraction of sp³-hybridized carbons (Fsp3) is 0.429. The number of pyridine rings is 1. The lowest BCUT2D eigenvalue weighted by Gasteiger charge is -2.08. The molecule has 0 spiro atoms. The maximum absolute atomic E-state index is 6.13. The quantitative estimate of drug-likeness (QED) is 0.797. The Bertz CT molecular complexity index is 556. The second-order valence-corrected chi connectivity index (χ2v) is 4.83. The molecular weight excluding hydrogens is 276 g/mol. The maximum atomic E-state index is 6.13. The van der Waals surface area contributed by atoms with Crippen LogP contribution in [0, 0.1) is 0 Å². The fourth-order valence-electron chi connectivity index (χ4n) is 1.74. The lowest BCUT2D eigenvalue weighted by Crippen LogP contribution is -2.14. The summed E-state index contributed by atoms with van der Waals surface area (Å²) >= 11 is 6.13. The predicted octanol–water partition coefficient (Wildman–Crippen LogP) is 3.24. The van der Waals surface area contributed by atoms with E-state index >= 15 is 0 Å². The lowest BCUT2D eigenvalue weighted by atomic mass is 10.2. The number of hydrogen-bond acceptors (Lipinski definition) is 4. The van der Waals surface area contributed by atoms with Crippen LogP contribution >= 0.6 is 11.6 Å². The van der Waals surface area contributed by atoms with Crippen molar-refractivity contribution in [3.05, 3.63) is 35.2 Å². The second kappa shape index (κ2) is 7.26. The van der Waals surface area contributed by atoms with Gasteiger partial charge >= 0.3 is 0 Å². The highest BCUT2D eigenvalue weighted by Gasteiger charge is 2.06. The van der Waals surface area contributed by atoms with Crippen molar-refractivity contribution in [3.8, 4) is 11.6 Å². The van der Waals surface area contributed by atoms with E-state index in [1.807, 2.05) is 19.2 Å². The van der Waals surface area contributed by atoms with Gasteiger partial charge in [-0.3, -0.25) is 4.68 Å². The first-order valence-electron chi connectivity index (χ1n) is 6.78. The minimum absolute atomic E-state index is 0.526. The summed E-state index contributed by atoms with van der Waals surface area (Å²) in [5.41, 5.74) is 0.980. The van der Waals surface area contributed by atoms with E-state index in [1.165, 1.54) is 0 Å². The Hall–Kier alpha value is -1.59. The van der Waals surface area contributed by atoms with Gasteiger partial charge in [0.15, 0.2) is 5.75 Å². The van der Waals surface area contributed by atoms with Crippen LogP contribution in [0.3, 0.4) is 0 Å². The Morgan fingerprint density at radius 3 is 2.90 bits per heavy atom. The van der Waals surface area contributed by atoms with E-state index in [0.717, 1.165) is 25.1 Å². The van der Waals surface area contributed by atoms with Crippen LogP contribution in [0.15, 0.2) is 24.7 Å². The molecule has 0 fully saturated rings. The number of ether oxygens (including phenoxy) is 1. The van der Waals surface area contributed by atoms with Gasteiger partial charge in [-0.1, -0.05) is 18.5 Å². The number of hydrogen-bond donors (Lipinski definition) is 1. The number of nitrogens with zero attached hydrogens (tertiary/aromatic N) is 3. The number of halogens is 1. The van der Waals surface area contributed by atoms with Crippen molar-refractivity contribution in [1.82, 2.24) is 20.1 Å². The standard InChI is InChI=1S/C14H19ClN4O/c1-3-5-16-7-11-6-14(17-9-13(11)15)20-12-8-18-19(4-2)10-12/h6,8-10,16H,3-5,7H2,1-2H3. The van der Waals surface area contributed by atoms with Crippen LogP contribution in [0.5, 0.6) is 11.6 Å². The van der Waals surface area contributed by atoms with E-state index < -0.39 is 0 Å². The molecule has 0 bridgehead atoms. The van der Waals surface area contributed by atoms with Crippen molar-refractivity contribution in [1.29, 1.82) is 0 Å². The van der Waals surface area contributed by atoms with E-state index in [2.05, 4.69) is 22.3 Å². The summed E-state index contributed by atoms with van der Waals surface area (Å²) in [7, 11) is 0. The molecule has 6 heteroatoms. The first kappa shape index (κ1) is 14.8. The van der Waals surface area contributed by atoms with Crippen molar-refractivity contribution in [2.24, 2.45) is 0 Å². The van der Waals surface area contributed by atoms with Gasteiger partial charge in [-0.05, 0) is 25.5 Å². The third kappa shape index (κ3) is 3.95. The van der Waals surface area contributed by atoms with E-state index in [9.17, 15) is 0 Å². The zero-order valence-corrected chi connectivity index (χ0v) is 12.5. The maximum Gasteiger partial charge on any atom is 0.219 e. The molecule has 0 saturated heterocycles. The summed E-state index contributed by atoms with van der Waals surface area (Å²) in [5, 5.41) is 8.11. The van der Waals surface area contributed by atoms with E-state index in [-0.39, 0.29) is 0 Å². The second-order valence-electron chi connectivity index (χ2n) is 4.42. The minimum Gasteiger partial charge on any atom is -0.436 e. The molecule has 5 nitrogen and oxygen atoms in total. The zero-order chi connectivity index (χ0) is 14.4. The van der Waals surface area contributed by atoms with Gasteiger partial charge in [0.05, 0.1) is 17.4 Å². The number of aryl methyl sites for hydroxylation is 1. The number of rotatable bonds is 7. The van der Waals surface area contributed by atoms with Crippen LogP contribution in [0.4, 0.5) is 0 Å². The highest BCUT2D eigenvalue weighted by atomic mass is 35.5. The average molecular weight is 295 g/mol. The topological polar surface area (TPSA) is 52.0 Å². The summed E-state index contributed by atoms with van der Waals surface area (Å²) in [5.74, 6) is 1.20. The monoisotopic (exact) mass is 294 g/mol. The normalized spacial score (nSPS) is 10.8. The molecule has 0 aromatic carbocycles. The van der Waals surface area contributed by atoms with Gasteiger partial charge < -0.3 is 10.1 Å². The predicted molar refractivity (Wildman–Crippen MR) is 79.2 cm³/mol. The molecule has 108 valence electrons. The van der Waals surface area contributed by atoms with Gasteiger partial charge in [0.25, 0.3) is 0 Å². The first-order valence-corrected chi connectivity index (χ1v) is 7.16. The first-order chi connectivity index (χ1) is 9.72. The Balaban J connectivity index is 2.06. The van der Waals surface area contributed by atoms with Gasteiger partial charge in [0.1, 0.15) is 0 Å². The molecular formula is C14H19ClN4O. The number of nitrogens with one attached hydrogen (secondary N) is 1.